The minimum Gasteiger partial charge on any atom is -0.487 e. The molecular weight excluding hydrogens is 244 g/mol. The molecule has 1 rings (SSSR count). The number of methoxy groups -OCH3 is 1. The maximum Gasteiger partial charge on any atom is 0.239 e. The summed E-state index contributed by atoms with van der Waals surface area (Å²) < 4.78 is 10.3. The third kappa shape index (κ3) is 5.92. The predicted molar refractivity (Wildman–Crippen MR) is 75.5 cm³/mol. The summed E-state index contributed by atoms with van der Waals surface area (Å²) >= 11 is 0. The summed E-state index contributed by atoms with van der Waals surface area (Å²) in [5, 5.41) is 5.77. The van der Waals surface area contributed by atoms with E-state index in [4.69, 9.17) is 9.47 Å². The van der Waals surface area contributed by atoms with Gasteiger partial charge < -0.3 is 20.1 Å². The van der Waals surface area contributed by atoms with Crippen molar-refractivity contribution in [2.75, 3.05) is 38.7 Å². The van der Waals surface area contributed by atoms with Crippen molar-refractivity contribution in [3.63, 3.8) is 0 Å². The van der Waals surface area contributed by atoms with Gasteiger partial charge in [0.15, 0.2) is 0 Å². The molecule has 0 aromatic heterocycles. The van der Waals surface area contributed by atoms with E-state index in [2.05, 4.69) is 17.2 Å². The lowest BCUT2D eigenvalue weighted by atomic mass is 10.3. The Balaban J connectivity index is 2.43. The van der Waals surface area contributed by atoms with E-state index in [1.165, 1.54) is 0 Å². The average Bonchev–Trinajstić information content (AvgIpc) is 2.44. The van der Waals surface area contributed by atoms with E-state index in [9.17, 15) is 4.79 Å². The van der Waals surface area contributed by atoms with Gasteiger partial charge in [0.25, 0.3) is 0 Å². The fourth-order valence-electron chi connectivity index (χ4n) is 1.42. The van der Waals surface area contributed by atoms with Gasteiger partial charge in [0.05, 0.1) is 18.8 Å². The van der Waals surface area contributed by atoms with Crippen LogP contribution in [0.25, 0.3) is 0 Å². The molecule has 0 aliphatic heterocycles. The summed E-state index contributed by atoms with van der Waals surface area (Å²) in [7, 11) is 1.59. The van der Waals surface area contributed by atoms with Crippen LogP contribution < -0.4 is 15.4 Å². The van der Waals surface area contributed by atoms with Crippen molar-refractivity contribution >= 4 is 11.6 Å². The maximum atomic E-state index is 11.5. The number of amides is 1. The van der Waals surface area contributed by atoms with Crippen LogP contribution in [0.2, 0.25) is 0 Å². The molecule has 0 saturated heterocycles. The highest BCUT2D eigenvalue weighted by Gasteiger charge is 2.04. The molecular formula is C14H20N2O3. The first-order chi connectivity index (χ1) is 9.27. The zero-order valence-electron chi connectivity index (χ0n) is 11.1. The lowest BCUT2D eigenvalue weighted by Crippen LogP contribution is -2.32. The molecule has 0 atom stereocenters. The number of nitrogens with one attached hydrogen (secondary N) is 2. The van der Waals surface area contributed by atoms with Crippen molar-refractivity contribution in [2.45, 2.75) is 0 Å². The number of ether oxygens (including phenoxy) is 2. The van der Waals surface area contributed by atoms with Gasteiger partial charge in [0.2, 0.25) is 5.91 Å². The molecule has 2 N–H and O–H groups in total. The highest BCUT2D eigenvalue weighted by Crippen LogP contribution is 2.23. The van der Waals surface area contributed by atoms with E-state index in [1.54, 1.807) is 13.2 Å². The Morgan fingerprint density at radius 1 is 1.42 bits per heavy atom. The fourth-order valence-corrected chi connectivity index (χ4v) is 1.42. The number of para-hydroxylation sites is 2. The Kier molecular flexibility index (Phi) is 7.12. The Labute approximate surface area is 113 Å². The predicted octanol–water partition coefficient (Wildman–Crippen LogP) is 1.43. The van der Waals surface area contributed by atoms with E-state index in [0.717, 1.165) is 5.69 Å². The maximum absolute atomic E-state index is 11.5. The normalized spacial score (nSPS) is 9.74. The number of carbonyl (C=O) groups excluding carboxylic acids is 1. The van der Waals surface area contributed by atoms with Crippen LogP contribution in [-0.4, -0.2) is 39.3 Å². The van der Waals surface area contributed by atoms with Crippen molar-refractivity contribution in [2.24, 2.45) is 0 Å². The summed E-state index contributed by atoms with van der Waals surface area (Å²) in [6.45, 7) is 5.23. The SMILES string of the molecule is C=CCOc1ccccc1NCC(=O)NCCOC. The molecule has 1 aromatic rings. The van der Waals surface area contributed by atoms with Gasteiger partial charge in [-0.1, -0.05) is 24.8 Å². The van der Waals surface area contributed by atoms with Crippen LogP contribution in [0.1, 0.15) is 0 Å². The van der Waals surface area contributed by atoms with Crippen molar-refractivity contribution in [1.82, 2.24) is 5.32 Å². The molecule has 5 nitrogen and oxygen atoms in total. The molecule has 0 unspecified atom stereocenters. The highest BCUT2D eigenvalue weighted by molar-refractivity contribution is 5.81. The van der Waals surface area contributed by atoms with Crippen molar-refractivity contribution in [3.8, 4) is 5.75 Å². The van der Waals surface area contributed by atoms with Crippen molar-refractivity contribution in [1.29, 1.82) is 0 Å². The van der Waals surface area contributed by atoms with Crippen LogP contribution in [0.3, 0.4) is 0 Å². The topological polar surface area (TPSA) is 59.6 Å². The minimum atomic E-state index is -0.0874. The lowest BCUT2D eigenvalue weighted by molar-refractivity contribution is -0.119. The van der Waals surface area contributed by atoms with Gasteiger partial charge in [-0.3, -0.25) is 4.79 Å². The van der Waals surface area contributed by atoms with Gasteiger partial charge in [0.1, 0.15) is 12.4 Å². The smallest absolute Gasteiger partial charge is 0.239 e. The third-order valence-electron chi connectivity index (χ3n) is 2.31. The van der Waals surface area contributed by atoms with E-state index >= 15 is 0 Å². The molecule has 0 spiro atoms. The largest absolute Gasteiger partial charge is 0.487 e. The monoisotopic (exact) mass is 264 g/mol. The molecule has 1 aromatic carbocycles. The van der Waals surface area contributed by atoms with Crippen molar-refractivity contribution in [3.05, 3.63) is 36.9 Å². The van der Waals surface area contributed by atoms with Crippen LogP contribution in [0.4, 0.5) is 5.69 Å². The summed E-state index contributed by atoms with van der Waals surface area (Å²) in [4.78, 5) is 11.5. The van der Waals surface area contributed by atoms with E-state index in [1.807, 2.05) is 24.3 Å². The number of benzene rings is 1. The van der Waals surface area contributed by atoms with Gasteiger partial charge in [-0.25, -0.2) is 0 Å². The molecule has 0 saturated carbocycles. The minimum absolute atomic E-state index is 0.0874. The van der Waals surface area contributed by atoms with Crippen LogP contribution >= 0.6 is 0 Å². The lowest BCUT2D eigenvalue weighted by Gasteiger charge is -2.12. The van der Waals surface area contributed by atoms with E-state index in [0.29, 0.717) is 25.5 Å². The third-order valence-corrected chi connectivity index (χ3v) is 2.31. The van der Waals surface area contributed by atoms with Gasteiger partial charge in [0, 0.05) is 13.7 Å². The first-order valence-electron chi connectivity index (χ1n) is 6.10. The number of hydrogen-bond donors (Lipinski definition) is 2. The molecule has 0 fully saturated rings. The summed E-state index contributed by atoms with van der Waals surface area (Å²) in [6, 6.07) is 7.46. The van der Waals surface area contributed by atoms with Gasteiger partial charge >= 0.3 is 0 Å². The van der Waals surface area contributed by atoms with Crippen LogP contribution in [0, 0.1) is 0 Å². The van der Waals surface area contributed by atoms with Crippen LogP contribution in [0.15, 0.2) is 36.9 Å². The average molecular weight is 264 g/mol. The molecule has 0 radical (unpaired) electrons. The van der Waals surface area contributed by atoms with Gasteiger partial charge in [-0.15, -0.1) is 0 Å². The fraction of sp³-hybridized carbons (Fsp3) is 0.357. The zero-order chi connectivity index (χ0) is 13.9. The van der Waals surface area contributed by atoms with Gasteiger partial charge in [-0.05, 0) is 12.1 Å². The molecule has 0 bridgehead atoms. The standard InChI is InChI=1S/C14H20N2O3/c1-3-9-19-13-7-5-4-6-12(13)16-11-14(17)15-8-10-18-2/h3-7,16H,1,8-11H2,2H3,(H,15,17). The summed E-state index contributed by atoms with van der Waals surface area (Å²) in [5.41, 5.74) is 0.784. The van der Waals surface area contributed by atoms with Crippen LogP contribution in [-0.2, 0) is 9.53 Å². The second kappa shape index (κ2) is 8.99. The van der Waals surface area contributed by atoms with E-state index in [-0.39, 0.29) is 12.5 Å². The van der Waals surface area contributed by atoms with E-state index < -0.39 is 0 Å². The second-order valence-electron chi connectivity index (χ2n) is 3.79. The molecule has 5 heteroatoms. The molecule has 0 aliphatic rings. The number of carbonyl (C=O) groups is 1. The summed E-state index contributed by atoms with van der Waals surface area (Å²) in [6.07, 6.45) is 1.67. The quantitative estimate of drug-likeness (QED) is 0.523. The number of anilines is 1. The Morgan fingerprint density at radius 3 is 2.95 bits per heavy atom. The zero-order valence-corrected chi connectivity index (χ0v) is 11.1. The highest BCUT2D eigenvalue weighted by atomic mass is 16.5. The molecule has 0 heterocycles. The van der Waals surface area contributed by atoms with Crippen molar-refractivity contribution < 1.29 is 14.3 Å². The first kappa shape index (κ1) is 15.0. The van der Waals surface area contributed by atoms with Crippen LogP contribution in [0.5, 0.6) is 5.75 Å². The number of rotatable bonds is 9. The molecule has 0 aliphatic carbocycles. The number of hydrogen-bond acceptors (Lipinski definition) is 4. The first-order valence-corrected chi connectivity index (χ1v) is 6.10. The molecule has 19 heavy (non-hydrogen) atoms. The van der Waals surface area contributed by atoms with Gasteiger partial charge in [-0.2, -0.15) is 0 Å². The second-order valence-corrected chi connectivity index (χ2v) is 3.79. The molecule has 1 amide bonds. The summed E-state index contributed by atoms with van der Waals surface area (Å²) in [5.74, 6) is 0.614. The molecule has 104 valence electrons. The Morgan fingerprint density at radius 2 is 2.21 bits per heavy atom. The Hall–Kier alpha value is -2.01. The Bertz CT molecular complexity index is 407.